The minimum Gasteiger partial charge on any atom is -0.0740 e. The molecule has 0 unspecified atom stereocenters. The van der Waals surface area contributed by atoms with Crippen molar-refractivity contribution in [2.75, 3.05) is 0 Å². The van der Waals surface area contributed by atoms with Crippen molar-refractivity contribution < 1.29 is 0 Å². The van der Waals surface area contributed by atoms with E-state index in [9.17, 15) is 0 Å². The highest BCUT2D eigenvalue weighted by Crippen LogP contribution is 2.49. The lowest BCUT2D eigenvalue weighted by Crippen LogP contribution is -2.20. The molecule has 272 valence electrons. The van der Waals surface area contributed by atoms with E-state index >= 15 is 0 Å². The molecule has 0 bridgehead atoms. The Morgan fingerprint density at radius 3 is 0.957 bits per heavy atom. The van der Waals surface area contributed by atoms with Crippen LogP contribution in [0.1, 0.15) is 265 Å². The maximum atomic E-state index is 2.78. The molecule has 0 aliphatic heterocycles. The van der Waals surface area contributed by atoms with E-state index in [4.69, 9.17) is 0 Å². The molecule has 0 atom stereocenters. The lowest BCUT2D eigenvalue weighted by atomic mass is 9.71. The maximum Gasteiger partial charge on any atom is 0.00997 e. The summed E-state index contributed by atoms with van der Waals surface area (Å²) in [6.07, 6.45) is 58.6. The van der Waals surface area contributed by atoms with Gasteiger partial charge in [-0.25, -0.2) is 0 Å². The molecule has 0 heteroatoms. The van der Waals surface area contributed by atoms with E-state index in [2.05, 4.69) is 39.8 Å². The van der Waals surface area contributed by atoms with Crippen LogP contribution < -0.4 is 0 Å². The van der Waals surface area contributed by atoms with Crippen molar-refractivity contribution in [3.8, 4) is 0 Å². The summed E-state index contributed by atoms with van der Waals surface area (Å²) in [4.78, 5) is 0. The minimum absolute atomic E-state index is 0.403. The van der Waals surface area contributed by atoms with Gasteiger partial charge in [0.2, 0.25) is 0 Å². The Balaban J connectivity index is 2.77. The molecule has 0 fully saturated rings. The van der Waals surface area contributed by atoms with Crippen molar-refractivity contribution in [1.29, 1.82) is 0 Å². The van der Waals surface area contributed by atoms with E-state index in [1.54, 1.807) is 5.57 Å². The fraction of sp³-hybridized carbons (Fsp3) is 0.913. The van der Waals surface area contributed by atoms with Gasteiger partial charge in [-0.05, 0) is 44.1 Å². The summed E-state index contributed by atoms with van der Waals surface area (Å²) >= 11 is 0. The van der Waals surface area contributed by atoms with Crippen molar-refractivity contribution in [1.82, 2.24) is 0 Å². The van der Waals surface area contributed by atoms with Gasteiger partial charge in [-0.2, -0.15) is 0 Å². The van der Waals surface area contributed by atoms with Crippen LogP contribution in [-0.2, 0) is 0 Å². The Hall–Kier alpha value is -0.520. The summed E-state index contributed by atoms with van der Waals surface area (Å²) in [5.41, 5.74) is 4.13. The summed E-state index contributed by atoms with van der Waals surface area (Å²) in [6, 6.07) is 0. The van der Waals surface area contributed by atoms with Crippen molar-refractivity contribution in [2.45, 2.75) is 265 Å². The lowest BCUT2D eigenvalue weighted by molar-refractivity contribution is 0.342. The topological polar surface area (TPSA) is 0 Å². The molecular weight excluding hydrogens is 553 g/mol. The van der Waals surface area contributed by atoms with Crippen LogP contribution in [0.2, 0.25) is 0 Å². The zero-order valence-corrected chi connectivity index (χ0v) is 32.8. The van der Waals surface area contributed by atoms with Crippen LogP contribution in [-0.4, -0.2) is 0 Å². The van der Waals surface area contributed by atoms with Crippen LogP contribution in [0.3, 0.4) is 0 Å². The molecule has 0 amide bonds. The molecule has 0 spiro atoms. The van der Waals surface area contributed by atoms with Crippen LogP contribution in [0, 0.1) is 5.41 Å². The van der Waals surface area contributed by atoms with Gasteiger partial charge in [0, 0.05) is 5.41 Å². The van der Waals surface area contributed by atoms with E-state index < -0.39 is 0 Å². The zero-order valence-electron chi connectivity index (χ0n) is 32.8. The molecule has 1 rings (SSSR count). The predicted molar refractivity (Wildman–Crippen MR) is 212 cm³/mol. The third-order valence-electron chi connectivity index (χ3n) is 11.4. The summed E-state index contributed by atoms with van der Waals surface area (Å²) in [7, 11) is 0. The molecule has 0 saturated heterocycles. The van der Waals surface area contributed by atoms with Crippen molar-refractivity contribution >= 4 is 0 Å². The van der Waals surface area contributed by atoms with E-state index in [0.717, 1.165) is 0 Å². The Labute approximate surface area is 293 Å². The summed E-state index contributed by atoms with van der Waals surface area (Å²) in [5.74, 6) is 0. The smallest absolute Gasteiger partial charge is 0.00997 e. The van der Waals surface area contributed by atoms with Crippen LogP contribution in [0.4, 0.5) is 0 Å². The molecular formula is C46H88. The average Bonchev–Trinajstić information content (AvgIpc) is 3.40. The van der Waals surface area contributed by atoms with Gasteiger partial charge in [-0.3, -0.25) is 0 Å². The first-order valence-corrected chi connectivity index (χ1v) is 22.2. The number of unbranched alkanes of at least 4 members (excludes halogenated alkanes) is 29. The van der Waals surface area contributed by atoms with Gasteiger partial charge < -0.3 is 0 Å². The quantitative estimate of drug-likeness (QED) is 0.0593. The fourth-order valence-corrected chi connectivity index (χ4v) is 8.23. The minimum atomic E-state index is 0.403. The summed E-state index contributed by atoms with van der Waals surface area (Å²) < 4.78 is 0. The number of hydrogen-bond acceptors (Lipinski definition) is 0. The second-order valence-corrected chi connectivity index (χ2v) is 15.7. The number of hydrogen-bond donors (Lipinski definition) is 0. The van der Waals surface area contributed by atoms with E-state index in [1.807, 2.05) is 5.57 Å². The maximum absolute atomic E-state index is 2.78. The molecule has 0 heterocycles. The van der Waals surface area contributed by atoms with E-state index in [1.165, 1.54) is 238 Å². The van der Waals surface area contributed by atoms with Crippen LogP contribution in [0.5, 0.6) is 0 Å². The molecule has 0 N–H and O–H groups in total. The van der Waals surface area contributed by atoms with Crippen LogP contribution in [0.15, 0.2) is 23.3 Å². The van der Waals surface area contributed by atoms with Gasteiger partial charge in [0.25, 0.3) is 0 Å². The second-order valence-electron chi connectivity index (χ2n) is 15.7. The zero-order chi connectivity index (χ0) is 33.2. The van der Waals surface area contributed by atoms with Gasteiger partial charge in [-0.15, -0.1) is 0 Å². The molecule has 46 heavy (non-hydrogen) atoms. The molecule has 1 aliphatic carbocycles. The molecule has 0 aromatic heterocycles. The van der Waals surface area contributed by atoms with Gasteiger partial charge in [0.05, 0.1) is 0 Å². The van der Waals surface area contributed by atoms with Crippen LogP contribution in [0.25, 0.3) is 0 Å². The Morgan fingerprint density at radius 1 is 0.326 bits per heavy atom. The monoisotopic (exact) mass is 641 g/mol. The lowest BCUT2D eigenvalue weighted by Gasteiger charge is -2.33. The van der Waals surface area contributed by atoms with Crippen LogP contribution >= 0.6 is 0 Å². The third kappa shape index (κ3) is 22.9. The van der Waals surface area contributed by atoms with E-state index in [0.29, 0.717) is 5.41 Å². The Morgan fingerprint density at radius 2 is 0.609 bits per heavy atom. The predicted octanol–water partition coefficient (Wildman–Crippen LogP) is 17.4. The first-order chi connectivity index (χ1) is 22.7. The molecule has 0 saturated carbocycles. The fourth-order valence-electron chi connectivity index (χ4n) is 8.23. The van der Waals surface area contributed by atoms with Crippen molar-refractivity contribution in [2.24, 2.45) is 5.41 Å². The first-order valence-electron chi connectivity index (χ1n) is 22.2. The highest BCUT2D eigenvalue weighted by molar-refractivity contribution is 5.42. The third-order valence-corrected chi connectivity index (χ3v) is 11.4. The molecule has 1 aliphatic rings. The number of rotatable bonds is 37. The van der Waals surface area contributed by atoms with Gasteiger partial charge in [0.1, 0.15) is 0 Å². The molecule has 0 nitrogen and oxygen atoms in total. The van der Waals surface area contributed by atoms with Crippen molar-refractivity contribution in [3.63, 3.8) is 0 Å². The van der Waals surface area contributed by atoms with Gasteiger partial charge >= 0.3 is 0 Å². The molecule has 0 aromatic rings. The SMILES string of the molecule is CCCCCCCCCCCC1(CCCCCCCCCCC)C=CC(CCCCCCCCC)=C1CCCCCCCCCC. The molecule has 0 aromatic carbocycles. The first kappa shape index (κ1) is 43.5. The Kier molecular flexibility index (Phi) is 31.2. The highest BCUT2D eigenvalue weighted by Gasteiger charge is 2.35. The average molecular weight is 641 g/mol. The Bertz CT molecular complexity index is 658. The normalized spacial score (nSPS) is 14.3. The standard InChI is InChI=1S/C46H88/c1-5-9-13-17-21-24-28-32-36-41-46(42-37-33-29-25-22-18-14-10-6-2)43-40-44(38-34-30-26-20-16-12-8-4)45(46)39-35-31-27-23-19-15-11-7-3/h40,43H,5-39,41-42H2,1-4H3. The second kappa shape index (κ2) is 33.0. The van der Waals surface area contributed by atoms with E-state index in [-0.39, 0.29) is 0 Å². The van der Waals surface area contributed by atoms with Crippen molar-refractivity contribution in [3.05, 3.63) is 23.3 Å². The molecule has 0 radical (unpaired) electrons. The van der Waals surface area contributed by atoms with Gasteiger partial charge in [0.15, 0.2) is 0 Å². The largest absolute Gasteiger partial charge is 0.0740 e. The summed E-state index contributed by atoms with van der Waals surface area (Å²) in [6.45, 7) is 9.34. The highest BCUT2D eigenvalue weighted by atomic mass is 14.4. The number of allylic oxidation sites excluding steroid dienone is 4. The summed E-state index contributed by atoms with van der Waals surface area (Å²) in [5, 5.41) is 0. The van der Waals surface area contributed by atoms with Gasteiger partial charge in [-0.1, -0.05) is 244 Å².